The van der Waals surface area contributed by atoms with Crippen LogP contribution in [0, 0.1) is 0 Å². The lowest BCUT2D eigenvalue weighted by Crippen LogP contribution is -2.44. The number of nitrogens with zero attached hydrogens (tertiary/aromatic N) is 1. The Morgan fingerprint density at radius 1 is 0.443 bits per heavy atom. The number of carbonyl (C=O) groups excluding carboxylic acids is 3. The lowest BCUT2D eigenvalue weighted by atomic mass is 10.0. The van der Waals surface area contributed by atoms with E-state index in [4.69, 9.17) is 18.9 Å². The molecule has 0 aromatic rings. The second-order valence-electron chi connectivity index (χ2n) is 20.9. The van der Waals surface area contributed by atoms with Crippen LogP contribution in [0.4, 0.5) is 0 Å². The van der Waals surface area contributed by atoms with Crippen molar-refractivity contribution in [3.63, 3.8) is 0 Å². The molecule has 0 aromatic carbocycles. The first-order valence-corrected chi connectivity index (χ1v) is 29.3. The van der Waals surface area contributed by atoms with Gasteiger partial charge in [-0.1, -0.05) is 249 Å². The van der Waals surface area contributed by atoms with Gasteiger partial charge in [-0.15, -0.1) is 0 Å². The Kier molecular flexibility index (Phi) is 50.5. The van der Waals surface area contributed by atoms with Crippen molar-refractivity contribution in [2.24, 2.45) is 0 Å². The van der Waals surface area contributed by atoms with E-state index in [9.17, 15) is 19.5 Å². The molecule has 0 rings (SSSR count). The molecule has 0 N–H and O–H groups in total. The Morgan fingerprint density at radius 2 is 0.814 bits per heavy atom. The van der Waals surface area contributed by atoms with E-state index in [1.54, 1.807) is 0 Å². The van der Waals surface area contributed by atoms with Crippen LogP contribution in [-0.4, -0.2) is 82.3 Å². The van der Waals surface area contributed by atoms with E-state index in [0.29, 0.717) is 23.9 Å². The molecule has 0 saturated carbocycles. The third-order valence-corrected chi connectivity index (χ3v) is 12.8. The summed E-state index contributed by atoms with van der Waals surface area (Å²) in [5.41, 5.74) is 0. The summed E-state index contributed by atoms with van der Waals surface area (Å²) in [6.07, 6.45) is 61.6. The topological polar surface area (TPSA) is 111 Å². The third-order valence-electron chi connectivity index (χ3n) is 12.8. The third kappa shape index (κ3) is 53.1. The van der Waals surface area contributed by atoms with Gasteiger partial charge in [-0.25, -0.2) is 0 Å². The largest absolute Gasteiger partial charge is 0.545 e. The summed E-state index contributed by atoms with van der Waals surface area (Å²) in [5, 5.41) is 11.8. The van der Waals surface area contributed by atoms with Crippen molar-refractivity contribution in [2.45, 2.75) is 277 Å². The molecule has 2 atom stereocenters. The zero-order valence-corrected chi connectivity index (χ0v) is 46.4. The van der Waals surface area contributed by atoms with Gasteiger partial charge in [-0.05, 0) is 51.4 Å². The predicted molar refractivity (Wildman–Crippen MR) is 292 cm³/mol. The number of unbranched alkanes of at least 4 members (excludes halogenated alkanes) is 31. The van der Waals surface area contributed by atoms with Crippen molar-refractivity contribution in [3.05, 3.63) is 48.6 Å². The van der Waals surface area contributed by atoms with Gasteiger partial charge in [0.05, 0.1) is 40.3 Å². The average Bonchev–Trinajstić information content (AvgIpc) is 3.33. The van der Waals surface area contributed by atoms with Crippen LogP contribution in [0.1, 0.15) is 264 Å². The number of hydrogen-bond donors (Lipinski definition) is 0. The van der Waals surface area contributed by atoms with Gasteiger partial charge in [0.15, 0.2) is 12.4 Å². The molecular weight excluding hydrogens is 875 g/mol. The maximum absolute atomic E-state index is 12.9. The number of rotatable bonds is 54. The number of carboxylic acids is 1. The lowest BCUT2D eigenvalue weighted by molar-refractivity contribution is -0.870. The van der Waals surface area contributed by atoms with Crippen molar-refractivity contribution in [1.82, 2.24) is 0 Å². The van der Waals surface area contributed by atoms with E-state index in [0.717, 1.165) is 57.8 Å². The molecule has 0 spiro atoms. The summed E-state index contributed by atoms with van der Waals surface area (Å²) in [5.74, 6) is -2.27. The molecule has 0 radical (unpaired) electrons. The quantitative estimate of drug-likeness (QED) is 0.0195. The van der Waals surface area contributed by atoms with Gasteiger partial charge in [0.25, 0.3) is 0 Å². The summed E-state index contributed by atoms with van der Waals surface area (Å²) < 4.78 is 22.7. The highest BCUT2D eigenvalue weighted by Gasteiger charge is 2.22. The molecule has 0 aliphatic rings. The minimum Gasteiger partial charge on any atom is -0.545 e. The fourth-order valence-electron chi connectivity index (χ4n) is 8.35. The molecule has 0 aromatic heterocycles. The number of quaternary nitrogens is 1. The number of esters is 2. The van der Waals surface area contributed by atoms with Crippen LogP contribution in [0.25, 0.3) is 0 Å². The Hall–Kier alpha value is -2.75. The summed E-state index contributed by atoms with van der Waals surface area (Å²) in [6, 6.07) is 0. The molecule has 0 aliphatic carbocycles. The van der Waals surface area contributed by atoms with Gasteiger partial charge in [0.2, 0.25) is 0 Å². The van der Waals surface area contributed by atoms with Crippen LogP contribution in [0.2, 0.25) is 0 Å². The summed E-state index contributed by atoms with van der Waals surface area (Å²) in [6.45, 7) is 4.67. The molecule has 408 valence electrons. The molecule has 0 heterocycles. The first kappa shape index (κ1) is 67.2. The Balaban J connectivity index is 4.19. The zero-order chi connectivity index (χ0) is 51.3. The van der Waals surface area contributed by atoms with E-state index in [-0.39, 0.29) is 32.2 Å². The monoisotopic (exact) mass is 986 g/mol. The number of likely N-dealkylation sites (N-methyl/N-ethyl adjacent to an activating group) is 1. The van der Waals surface area contributed by atoms with Crippen LogP contribution < -0.4 is 5.11 Å². The summed E-state index contributed by atoms with van der Waals surface area (Å²) in [4.78, 5) is 37.3. The Morgan fingerprint density at radius 3 is 1.21 bits per heavy atom. The summed E-state index contributed by atoms with van der Waals surface area (Å²) >= 11 is 0. The smallest absolute Gasteiger partial charge is 0.306 e. The maximum atomic E-state index is 12.9. The van der Waals surface area contributed by atoms with Crippen LogP contribution in [0.15, 0.2) is 48.6 Å². The maximum Gasteiger partial charge on any atom is 0.306 e. The number of ether oxygens (including phenoxy) is 4. The number of carbonyl (C=O) groups is 3. The Labute approximate surface area is 432 Å². The molecule has 0 saturated heterocycles. The number of carboxylic acid groups (broad SMARTS) is 1. The van der Waals surface area contributed by atoms with Gasteiger partial charge in [-0.2, -0.15) is 0 Å². The molecule has 0 aliphatic heterocycles. The molecule has 0 bridgehead atoms. The minimum atomic E-state index is -1.62. The van der Waals surface area contributed by atoms with Gasteiger partial charge in [0.1, 0.15) is 13.2 Å². The fourth-order valence-corrected chi connectivity index (χ4v) is 8.35. The predicted octanol–water partition coefficient (Wildman–Crippen LogP) is 15.7. The van der Waals surface area contributed by atoms with Crippen LogP contribution in [0.5, 0.6) is 0 Å². The number of hydrogen-bond acceptors (Lipinski definition) is 8. The molecule has 0 fully saturated rings. The van der Waals surface area contributed by atoms with Gasteiger partial charge < -0.3 is 33.3 Å². The van der Waals surface area contributed by atoms with Crippen LogP contribution in [-0.2, 0) is 33.3 Å². The highest BCUT2D eigenvalue weighted by molar-refractivity contribution is 5.70. The normalized spacial score (nSPS) is 13.1. The SMILES string of the molecule is CC/C=C\C/C=C\C/C=C\C/C=C\CCCCCCCCCCCCCCCCC(=O)OC(COC(=O)CCCCCCCCCCCCCCCCCCCC)COC(OCC[N+](C)(C)C)C(=O)[O-]. The molecule has 70 heavy (non-hydrogen) atoms. The van der Waals surface area contributed by atoms with Crippen LogP contribution >= 0.6 is 0 Å². The van der Waals surface area contributed by atoms with E-state index in [2.05, 4.69) is 62.5 Å². The van der Waals surface area contributed by atoms with E-state index < -0.39 is 24.3 Å². The van der Waals surface area contributed by atoms with Crippen molar-refractivity contribution in [1.29, 1.82) is 0 Å². The molecule has 9 heteroatoms. The highest BCUT2D eigenvalue weighted by Crippen LogP contribution is 2.17. The summed E-state index contributed by atoms with van der Waals surface area (Å²) in [7, 11) is 5.93. The number of allylic oxidation sites excluding steroid dienone is 8. The van der Waals surface area contributed by atoms with Gasteiger partial charge >= 0.3 is 11.9 Å². The lowest BCUT2D eigenvalue weighted by Gasteiger charge is -2.26. The van der Waals surface area contributed by atoms with Gasteiger partial charge in [-0.3, -0.25) is 9.59 Å². The average molecular weight is 987 g/mol. The van der Waals surface area contributed by atoms with Crippen molar-refractivity contribution in [2.75, 3.05) is 47.5 Å². The highest BCUT2D eigenvalue weighted by atomic mass is 16.7. The Bertz CT molecular complexity index is 1290. The fraction of sp³-hybridized carbons (Fsp3) is 0.820. The van der Waals surface area contributed by atoms with Crippen molar-refractivity contribution >= 4 is 17.9 Å². The standard InChI is InChI=1S/C61H111NO8/c1-6-8-10-12-14-16-18-20-22-24-26-27-28-29-30-31-32-33-34-36-38-40-42-44-46-48-50-52-59(64)70-57(56-69-61(60(65)66)67-54-53-62(3,4)5)55-68-58(63)51-49-47-45-43-41-39-37-35-25-23-21-19-17-15-13-11-9-7-2/h8,10,14,16,20,22,26-27,57,61H,6-7,9,11-13,15,17-19,21,23-25,28-56H2,1-5H3/b10-8-,16-14-,22-20-,27-26-. The molecule has 2 unspecified atom stereocenters. The molecule has 0 amide bonds. The van der Waals surface area contributed by atoms with E-state index in [1.807, 2.05) is 21.1 Å². The van der Waals surface area contributed by atoms with Gasteiger partial charge in [0, 0.05) is 12.8 Å². The second-order valence-corrected chi connectivity index (χ2v) is 20.9. The zero-order valence-electron chi connectivity index (χ0n) is 46.4. The van der Waals surface area contributed by atoms with Crippen LogP contribution in [0.3, 0.4) is 0 Å². The first-order chi connectivity index (χ1) is 34.1. The van der Waals surface area contributed by atoms with Crippen molar-refractivity contribution in [3.8, 4) is 0 Å². The minimum absolute atomic E-state index is 0.149. The molecular formula is C61H111NO8. The first-order valence-electron chi connectivity index (χ1n) is 29.3. The number of aliphatic carboxylic acids is 1. The second kappa shape index (κ2) is 52.6. The molecule has 9 nitrogen and oxygen atoms in total. The van der Waals surface area contributed by atoms with E-state index in [1.165, 1.54) is 173 Å². The van der Waals surface area contributed by atoms with E-state index >= 15 is 0 Å². The van der Waals surface area contributed by atoms with Crippen molar-refractivity contribution < 1.29 is 42.9 Å².